The highest BCUT2D eigenvalue weighted by Crippen LogP contribution is 2.12. The van der Waals surface area contributed by atoms with Gasteiger partial charge in [-0.3, -0.25) is 0 Å². The van der Waals surface area contributed by atoms with E-state index in [1.165, 1.54) is 48.5 Å². The van der Waals surface area contributed by atoms with E-state index in [9.17, 15) is 9.59 Å². The molecular weight excluding hydrogens is 303 g/mol. The highest BCUT2D eigenvalue weighted by Gasteiger charge is 2.13. The van der Waals surface area contributed by atoms with Crippen molar-refractivity contribution >= 4 is 35.1 Å². The zero-order valence-electron chi connectivity index (χ0n) is 10.0. The van der Waals surface area contributed by atoms with E-state index < -0.39 is 11.9 Å². The van der Waals surface area contributed by atoms with Crippen molar-refractivity contribution in [2.45, 2.75) is 0 Å². The predicted molar refractivity (Wildman–Crippen MR) is 73.7 cm³/mol. The van der Waals surface area contributed by atoms with Crippen molar-refractivity contribution in [3.63, 3.8) is 0 Å². The number of rotatable bonds is 2. The highest BCUT2D eigenvalue weighted by atomic mass is 35.5. The highest BCUT2D eigenvalue weighted by molar-refractivity contribution is 6.31. The van der Waals surface area contributed by atoms with Gasteiger partial charge in [-0.15, -0.1) is 0 Å². The minimum atomic E-state index is -0.788. The summed E-state index contributed by atoms with van der Waals surface area (Å²) in [5.41, 5.74) is 0.441. The first kappa shape index (κ1) is 14.4. The van der Waals surface area contributed by atoms with Crippen LogP contribution in [0.2, 0.25) is 10.0 Å². The van der Waals surface area contributed by atoms with Gasteiger partial charge in [0.2, 0.25) is 0 Å². The maximum atomic E-state index is 11.6. The monoisotopic (exact) mass is 310 g/mol. The van der Waals surface area contributed by atoms with Crippen molar-refractivity contribution in [3.05, 3.63) is 69.7 Å². The molecule has 4 nitrogen and oxygen atoms in total. The molecule has 0 aliphatic rings. The van der Waals surface area contributed by atoms with Crippen LogP contribution in [0.15, 0.2) is 48.5 Å². The van der Waals surface area contributed by atoms with Gasteiger partial charge < -0.3 is 0 Å². The molecule has 0 aliphatic carbocycles. The van der Waals surface area contributed by atoms with Crippen molar-refractivity contribution in [2.75, 3.05) is 0 Å². The zero-order chi connectivity index (χ0) is 14.5. The van der Waals surface area contributed by atoms with Gasteiger partial charge in [0.15, 0.2) is 0 Å². The van der Waals surface area contributed by atoms with Gasteiger partial charge in [0.05, 0.1) is 11.1 Å². The van der Waals surface area contributed by atoms with Crippen LogP contribution in [0.25, 0.3) is 0 Å². The summed E-state index contributed by atoms with van der Waals surface area (Å²) in [7, 11) is 0. The molecule has 6 heteroatoms. The molecule has 0 amide bonds. The topological polar surface area (TPSA) is 52.6 Å². The first-order chi connectivity index (χ1) is 9.56. The lowest BCUT2D eigenvalue weighted by atomic mass is 10.2. The normalized spacial score (nSPS) is 9.90. The SMILES string of the molecule is O=C(OOC(=O)c1ccc(Cl)cc1)c1ccc(Cl)cc1. The van der Waals surface area contributed by atoms with Crippen LogP contribution < -0.4 is 0 Å². The van der Waals surface area contributed by atoms with Crippen molar-refractivity contribution in [2.24, 2.45) is 0 Å². The van der Waals surface area contributed by atoms with Gasteiger partial charge in [0.1, 0.15) is 0 Å². The lowest BCUT2D eigenvalue weighted by Gasteiger charge is -2.03. The van der Waals surface area contributed by atoms with Crippen LogP contribution in [0.4, 0.5) is 0 Å². The molecule has 0 N–H and O–H groups in total. The van der Waals surface area contributed by atoms with Gasteiger partial charge in [-0.2, -0.15) is 0 Å². The van der Waals surface area contributed by atoms with Crippen LogP contribution in [0.3, 0.4) is 0 Å². The Morgan fingerprint density at radius 2 is 0.950 bits per heavy atom. The molecule has 0 saturated heterocycles. The first-order valence-corrected chi connectivity index (χ1v) is 6.26. The number of hydrogen-bond donors (Lipinski definition) is 0. The molecule has 0 saturated carbocycles. The van der Waals surface area contributed by atoms with Gasteiger partial charge in [-0.1, -0.05) is 23.2 Å². The van der Waals surface area contributed by atoms with Crippen LogP contribution in [0, 0.1) is 0 Å². The Hall–Kier alpha value is -2.04. The van der Waals surface area contributed by atoms with Crippen molar-refractivity contribution < 1.29 is 19.4 Å². The molecule has 0 fully saturated rings. The number of carbonyl (C=O) groups is 2. The number of carbonyl (C=O) groups excluding carboxylic acids is 2. The predicted octanol–water partition coefficient (Wildman–Crippen LogP) is 3.92. The minimum absolute atomic E-state index is 0.221. The molecule has 0 atom stereocenters. The molecule has 0 heterocycles. The molecule has 2 aromatic carbocycles. The van der Waals surface area contributed by atoms with Crippen LogP contribution in [0.1, 0.15) is 20.7 Å². The second-order valence-corrected chi connectivity index (χ2v) is 4.63. The van der Waals surface area contributed by atoms with Crippen LogP contribution in [-0.2, 0) is 9.78 Å². The van der Waals surface area contributed by atoms with Gasteiger partial charge >= 0.3 is 11.9 Å². The second kappa shape index (κ2) is 6.41. The lowest BCUT2D eigenvalue weighted by Crippen LogP contribution is -2.11. The van der Waals surface area contributed by atoms with E-state index in [1.807, 2.05) is 0 Å². The first-order valence-electron chi connectivity index (χ1n) is 5.50. The average molecular weight is 311 g/mol. The smallest absolute Gasteiger partial charge is 0.242 e. The summed E-state index contributed by atoms with van der Waals surface area (Å²) in [5, 5.41) is 0.972. The summed E-state index contributed by atoms with van der Waals surface area (Å²) in [5.74, 6) is -1.58. The molecule has 0 bridgehead atoms. The largest absolute Gasteiger partial charge is 0.386 e. The molecule has 0 aliphatic heterocycles. The Bertz CT molecular complexity index is 563. The summed E-state index contributed by atoms with van der Waals surface area (Å²) in [4.78, 5) is 32.1. The fraction of sp³-hybridized carbons (Fsp3) is 0. The average Bonchev–Trinajstić information content (AvgIpc) is 2.46. The Labute approximate surface area is 124 Å². The van der Waals surface area contributed by atoms with E-state index >= 15 is 0 Å². The standard InChI is InChI=1S/C14H8Cl2O4/c15-11-5-1-9(2-6-11)13(17)19-20-14(18)10-3-7-12(16)8-4-10/h1-8H. The molecule has 0 radical (unpaired) electrons. The zero-order valence-corrected chi connectivity index (χ0v) is 11.5. The summed E-state index contributed by atoms with van der Waals surface area (Å²) in [6, 6.07) is 11.9. The summed E-state index contributed by atoms with van der Waals surface area (Å²) >= 11 is 11.4. The summed E-state index contributed by atoms with van der Waals surface area (Å²) < 4.78 is 0. The Kier molecular flexibility index (Phi) is 4.61. The number of halogens is 2. The van der Waals surface area contributed by atoms with Gasteiger partial charge in [-0.05, 0) is 48.5 Å². The molecule has 20 heavy (non-hydrogen) atoms. The summed E-state index contributed by atoms with van der Waals surface area (Å²) in [6.45, 7) is 0. The van der Waals surface area contributed by atoms with E-state index in [1.54, 1.807) is 0 Å². The third-order valence-electron chi connectivity index (χ3n) is 2.35. The third kappa shape index (κ3) is 3.73. The third-order valence-corrected chi connectivity index (χ3v) is 2.86. The van der Waals surface area contributed by atoms with Crippen LogP contribution in [0.5, 0.6) is 0 Å². The van der Waals surface area contributed by atoms with E-state index in [-0.39, 0.29) is 11.1 Å². The van der Waals surface area contributed by atoms with Gasteiger partial charge in [-0.25, -0.2) is 19.4 Å². The molecule has 102 valence electrons. The Balaban J connectivity index is 1.94. The van der Waals surface area contributed by atoms with Crippen molar-refractivity contribution in [1.29, 1.82) is 0 Å². The molecule has 2 aromatic rings. The van der Waals surface area contributed by atoms with Crippen LogP contribution >= 0.6 is 23.2 Å². The van der Waals surface area contributed by atoms with Crippen molar-refractivity contribution in [1.82, 2.24) is 0 Å². The maximum Gasteiger partial charge on any atom is 0.386 e. The molecule has 0 unspecified atom stereocenters. The van der Waals surface area contributed by atoms with Gasteiger partial charge in [0, 0.05) is 10.0 Å². The van der Waals surface area contributed by atoms with Gasteiger partial charge in [0.25, 0.3) is 0 Å². The molecular formula is C14H8Cl2O4. The second-order valence-electron chi connectivity index (χ2n) is 3.76. The molecule has 0 aromatic heterocycles. The summed E-state index contributed by atoms with van der Waals surface area (Å²) in [6.07, 6.45) is 0. The van der Waals surface area contributed by atoms with E-state index in [4.69, 9.17) is 23.2 Å². The fourth-order valence-corrected chi connectivity index (χ4v) is 1.60. The van der Waals surface area contributed by atoms with Crippen molar-refractivity contribution in [3.8, 4) is 0 Å². The van der Waals surface area contributed by atoms with E-state index in [0.717, 1.165) is 0 Å². The van der Waals surface area contributed by atoms with Crippen LogP contribution in [-0.4, -0.2) is 11.9 Å². The van der Waals surface area contributed by atoms with E-state index in [0.29, 0.717) is 10.0 Å². The lowest BCUT2D eigenvalue weighted by molar-refractivity contribution is -0.187. The Morgan fingerprint density at radius 1 is 0.650 bits per heavy atom. The minimum Gasteiger partial charge on any atom is -0.242 e. The fourth-order valence-electron chi connectivity index (χ4n) is 1.34. The molecule has 0 spiro atoms. The maximum absolute atomic E-state index is 11.6. The Morgan fingerprint density at radius 3 is 1.25 bits per heavy atom. The van der Waals surface area contributed by atoms with E-state index in [2.05, 4.69) is 9.78 Å². The quantitative estimate of drug-likeness (QED) is 0.623. The number of benzene rings is 2. The number of hydrogen-bond acceptors (Lipinski definition) is 4. The molecule has 2 rings (SSSR count).